The second kappa shape index (κ2) is 10.9. The molecule has 0 unspecified atom stereocenters. The molecule has 0 aliphatic carbocycles. The van der Waals surface area contributed by atoms with Gasteiger partial charge < -0.3 is 30.3 Å². The molecular weight excluding hydrogens is 512 g/mol. The molecule has 4 atom stereocenters. The van der Waals surface area contributed by atoms with Gasteiger partial charge >= 0.3 is 0 Å². The van der Waals surface area contributed by atoms with Crippen LogP contribution in [0.25, 0.3) is 21.9 Å². The third kappa shape index (κ3) is 4.81. The summed E-state index contributed by atoms with van der Waals surface area (Å²) in [5, 5.41) is 29.2. The first-order valence-corrected chi connectivity index (χ1v) is 12.8. The highest BCUT2D eigenvalue weighted by Gasteiger charge is 2.46. The minimum absolute atomic E-state index is 0.357. The summed E-state index contributed by atoms with van der Waals surface area (Å²) in [4.78, 5) is 26.4. The van der Waals surface area contributed by atoms with Gasteiger partial charge in [-0.05, 0) is 40.6 Å². The van der Waals surface area contributed by atoms with E-state index in [0.717, 1.165) is 10.9 Å². The molecule has 4 N–H and O–H groups in total. The van der Waals surface area contributed by atoms with E-state index in [4.69, 9.17) is 9.47 Å². The molecule has 5 aromatic rings. The number of aliphatic hydroxyl groups is 2. The third-order valence-corrected chi connectivity index (χ3v) is 7.09. The average molecular weight is 541 g/mol. The molecule has 204 valence electrons. The lowest BCUT2D eigenvalue weighted by Crippen LogP contribution is -2.46. The standard InChI is InChI=1S/C29H28N6O5/c1-39-21-8-4-7-20(12-21)28(38)34-23-25(37)22(14-36)40-29(23)35-16-33-24-26(31-15-32-27(24)35)30-13-17-9-10-18-5-2-3-6-19(18)11-17/h2-12,15-16,22-23,25,29,36-37H,13-14H2,1H3,(H,34,38)(H,30,31,32)/t22-,23-,25-,29-/m1/s1. The summed E-state index contributed by atoms with van der Waals surface area (Å²) in [6, 6.07) is 20.2. The maximum Gasteiger partial charge on any atom is 0.251 e. The van der Waals surface area contributed by atoms with E-state index in [-0.39, 0.29) is 0 Å². The van der Waals surface area contributed by atoms with Crippen LogP contribution in [0, 0.1) is 0 Å². The summed E-state index contributed by atoms with van der Waals surface area (Å²) in [6.07, 6.45) is -0.0145. The van der Waals surface area contributed by atoms with Crippen molar-refractivity contribution in [1.82, 2.24) is 24.8 Å². The van der Waals surface area contributed by atoms with Crippen molar-refractivity contribution in [1.29, 1.82) is 0 Å². The number of aliphatic hydroxyl groups excluding tert-OH is 2. The minimum atomic E-state index is -1.17. The number of nitrogens with one attached hydrogen (secondary N) is 2. The summed E-state index contributed by atoms with van der Waals surface area (Å²) in [7, 11) is 1.52. The number of ether oxygens (including phenoxy) is 2. The van der Waals surface area contributed by atoms with Crippen LogP contribution in [0.2, 0.25) is 0 Å². The van der Waals surface area contributed by atoms with Gasteiger partial charge in [0.25, 0.3) is 5.91 Å². The second-order valence-corrected chi connectivity index (χ2v) is 9.55. The smallest absolute Gasteiger partial charge is 0.251 e. The molecule has 3 aromatic carbocycles. The number of hydrogen-bond acceptors (Lipinski definition) is 9. The highest BCUT2D eigenvalue weighted by molar-refractivity contribution is 5.95. The molecule has 0 bridgehead atoms. The van der Waals surface area contributed by atoms with E-state index in [1.54, 1.807) is 28.8 Å². The molecule has 1 amide bonds. The molecular formula is C29H28N6O5. The van der Waals surface area contributed by atoms with Crippen molar-refractivity contribution in [2.24, 2.45) is 0 Å². The summed E-state index contributed by atoms with van der Waals surface area (Å²) in [5.41, 5.74) is 2.40. The molecule has 1 aliphatic heterocycles. The number of fused-ring (bicyclic) bond motifs is 2. The lowest BCUT2D eigenvalue weighted by atomic mass is 10.1. The summed E-state index contributed by atoms with van der Waals surface area (Å²) in [6.45, 7) is 0.0949. The van der Waals surface area contributed by atoms with Gasteiger partial charge in [0.05, 0.1) is 20.0 Å². The van der Waals surface area contributed by atoms with Gasteiger partial charge in [0.15, 0.2) is 23.2 Å². The van der Waals surface area contributed by atoms with Crippen LogP contribution in [0.15, 0.2) is 79.4 Å². The fourth-order valence-corrected chi connectivity index (χ4v) is 4.99. The first-order chi connectivity index (χ1) is 19.6. The maximum absolute atomic E-state index is 13.1. The maximum atomic E-state index is 13.1. The van der Waals surface area contributed by atoms with Crippen LogP contribution in [0.4, 0.5) is 5.82 Å². The van der Waals surface area contributed by atoms with Gasteiger partial charge in [0.1, 0.15) is 30.3 Å². The fourth-order valence-electron chi connectivity index (χ4n) is 4.99. The number of imidazole rings is 1. The Hall–Kier alpha value is -4.58. The van der Waals surface area contributed by atoms with Crippen LogP contribution in [0.5, 0.6) is 5.75 Å². The Kier molecular flexibility index (Phi) is 6.99. The molecule has 1 aliphatic rings. The zero-order valence-corrected chi connectivity index (χ0v) is 21.6. The number of nitrogens with zero attached hydrogens (tertiary/aromatic N) is 4. The van der Waals surface area contributed by atoms with Gasteiger partial charge in [0.2, 0.25) is 0 Å². The SMILES string of the molecule is COc1cccc(C(=O)N[C@@H]2[C@H](O)[C@@H](CO)O[C@H]2n2cnc3c(NCc4ccc5ccccc5c4)ncnc32)c1. The van der Waals surface area contributed by atoms with Crippen molar-refractivity contribution in [3.63, 3.8) is 0 Å². The Morgan fingerprint density at radius 1 is 1.05 bits per heavy atom. The van der Waals surface area contributed by atoms with E-state index in [1.165, 1.54) is 25.2 Å². The predicted octanol–water partition coefficient (Wildman–Crippen LogP) is 2.65. The van der Waals surface area contributed by atoms with Crippen molar-refractivity contribution in [3.8, 4) is 5.75 Å². The molecule has 2 aromatic heterocycles. The van der Waals surface area contributed by atoms with Gasteiger partial charge in [-0.25, -0.2) is 15.0 Å². The number of aromatic nitrogens is 4. The van der Waals surface area contributed by atoms with Gasteiger partial charge in [-0.1, -0.05) is 42.5 Å². The van der Waals surface area contributed by atoms with Crippen LogP contribution >= 0.6 is 0 Å². The molecule has 0 saturated carbocycles. The monoisotopic (exact) mass is 540 g/mol. The predicted molar refractivity (Wildman–Crippen MR) is 148 cm³/mol. The first kappa shape index (κ1) is 25.7. The van der Waals surface area contributed by atoms with Crippen molar-refractivity contribution >= 4 is 33.7 Å². The van der Waals surface area contributed by atoms with Crippen LogP contribution in [-0.2, 0) is 11.3 Å². The molecule has 1 saturated heterocycles. The Morgan fingerprint density at radius 3 is 2.73 bits per heavy atom. The van der Waals surface area contributed by atoms with Crippen molar-refractivity contribution in [3.05, 3.63) is 90.5 Å². The Labute approximate surface area is 229 Å². The normalized spacial score (nSPS) is 20.6. The number of rotatable bonds is 8. The first-order valence-electron chi connectivity index (χ1n) is 12.8. The van der Waals surface area contributed by atoms with Crippen molar-refractivity contribution in [2.75, 3.05) is 19.0 Å². The fraction of sp³-hybridized carbons (Fsp3) is 0.241. The molecule has 40 heavy (non-hydrogen) atoms. The third-order valence-electron chi connectivity index (χ3n) is 7.09. The Bertz CT molecular complexity index is 1670. The van der Waals surface area contributed by atoms with E-state index in [9.17, 15) is 15.0 Å². The lowest BCUT2D eigenvalue weighted by molar-refractivity contribution is -0.0440. The summed E-state index contributed by atoms with van der Waals surface area (Å²) >= 11 is 0. The van der Waals surface area contributed by atoms with E-state index >= 15 is 0 Å². The zero-order valence-electron chi connectivity index (χ0n) is 21.6. The van der Waals surface area contributed by atoms with E-state index in [1.807, 2.05) is 12.1 Å². The number of anilines is 1. The number of hydrogen-bond donors (Lipinski definition) is 4. The number of methoxy groups -OCH3 is 1. The number of amides is 1. The number of carbonyl (C=O) groups is 1. The van der Waals surface area contributed by atoms with Crippen LogP contribution in [-0.4, -0.2) is 67.6 Å². The zero-order chi connectivity index (χ0) is 27.6. The Balaban J connectivity index is 1.26. The molecule has 0 spiro atoms. The summed E-state index contributed by atoms with van der Waals surface area (Å²) < 4.78 is 12.8. The van der Waals surface area contributed by atoms with Crippen LogP contribution in [0.3, 0.4) is 0 Å². The van der Waals surface area contributed by atoms with E-state index in [0.29, 0.717) is 34.8 Å². The van der Waals surface area contributed by atoms with E-state index in [2.05, 4.69) is 55.9 Å². The topological polar surface area (TPSA) is 144 Å². The van der Waals surface area contributed by atoms with Gasteiger partial charge in [-0.2, -0.15) is 0 Å². The highest BCUT2D eigenvalue weighted by atomic mass is 16.5. The van der Waals surface area contributed by atoms with Crippen molar-refractivity contribution < 1.29 is 24.5 Å². The molecule has 11 nitrogen and oxygen atoms in total. The number of benzene rings is 3. The highest BCUT2D eigenvalue weighted by Crippen LogP contribution is 2.33. The lowest BCUT2D eigenvalue weighted by Gasteiger charge is -2.23. The minimum Gasteiger partial charge on any atom is -0.497 e. The average Bonchev–Trinajstić information content (AvgIpc) is 3.56. The van der Waals surface area contributed by atoms with Gasteiger partial charge in [0, 0.05) is 12.1 Å². The number of carbonyl (C=O) groups excluding carboxylic acids is 1. The largest absolute Gasteiger partial charge is 0.497 e. The van der Waals surface area contributed by atoms with Gasteiger partial charge in [-0.3, -0.25) is 9.36 Å². The van der Waals surface area contributed by atoms with Crippen molar-refractivity contribution in [2.45, 2.75) is 31.0 Å². The van der Waals surface area contributed by atoms with Crippen LogP contribution in [0.1, 0.15) is 22.1 Å². The molecule has 3 heterocycles. The Morgan fingerprint density at radius 2 is 1.90 bits per heavy atom. The molecule has 0 radical (unpaired) electrons. The quantitative estimate of drug-likeness (QED) is 0.234. The second-order valence-electron chi connectivity index (χ2n) is 9.55. The van der Waals surface area contributed by atoms with Crippen LogP contribution < -0.4 is 15.4 Å². The van der Waals surface area contributed by atoms with Gasteiger partial charge in [-0.15, -0.1) is 0 Å². The molecule has 6 rings (SSSR count). The summed E-state index contributed by atoms with van der Waals surface area (Å²) in [5.74, 6) is 0.639. The molecule has 1 fully saturated rings. The van der Waals surface area contributed by atoms with E-state index < -0.39 is 37.0 Å². The molecule has 11 heteroatoms.